The molecular formula is C15H16F2N2O. The Hall–Kier alpha value is -1.91. The molecule has 0 saturated heterocycles. The maximum Gasteiger partial charge on any atom is 0.248 e. The minimum Gasteiger partial charge on any atom is -0.443 e. The molecule has 1 fully saturated rings. The Morgan fingerprint density at radius 3 is 2.80 bits per heavy atom. The fraction of sp³-hybridized carbons (Fsp3) is 0.400. The zero-order chi connectivity index (χ0) is 14.2. The second-order valence-corrected chi connectivity index (χ2v) is 5.36. The van der Waals surface area contributed by atoms with Crippen LogP contribution in [0.3, 0.4) is 0 Å². The van der Waals surface area contributed by atoms with E-state index in [2.05, 4.69) is 4.98 Å². The maximum atomic E-state index is 13.1. The minimum atomic E-state index is -2.49. The van der Waals surface area contributed by atoms with Crippen LogP contribution in [0.4, 0.5) is 14.5 Å². The molecular weight excluding hydrogens is 262 g/mol. The number of fused-ring (bicyclic) bond motifs is 1. The van der Waals surface area contributed by atoms with Gasteiger partial charge in [0.2, 0.25) is 5.92 Å². The van der Waals surface area contributed by atoms with Crippen LogP contribution in [0.15, 0.2) is 29.0 Å². The Kier molecular flexibility index (Phi) is 3.20. The van der Waals surface area contributed by atoms with Crippen molar-refractivity contribution in [2.45, 2.75) is 31.6 Å². The van der Waals surface area contributed by atoms with E-state index in [1.807, 2.05) is 12.2 Å². The highest BCUT2D eigenvalue weighted by Gasteiger charge is 2.33. The van der Waals surface area contributed by atoms with Gasteiger partial charge in [-0.25, -0.2) is 13.8 Å². The number of nitrogen functional groups attached to an aromatic ring is 1. The topological polar surface area (TPSA) is 52.0 Å². The van der Waals surface area contributed by atoms with Crippen molar-refractivity contribution in [1.82, 2.24) is 4.98 Å². The average Bonchev–Trinajstić information content (AvgIpc) is 2.85. The van der Waals surface area contributed by atoms with Crippen molar-refractivity contribution in [1.29, 1.82) is 0 Å². The lowest BCUT2D eigenvalue weighted by atomic mass is 9.86. The molecule has 0 radical (unpaired) electrons. The number of halogens is 2. The molecule has 1 aromatic carbocycles. The number of aromatic nitrogens is 1. The molecule has 0 unspecified atom stereocenters. The van der Waals surface area contributed by atoms with Crippen LogP contribution in [0.1, 0.15) is 31.2 Å². The quantitative estimate of drug-likeness (QED) is 0.835. The molecule has 0 spiro atoms. The molecule has 0 bridgehead atoms. The Morgan fingerprint density at radius 2 is 2.05 bits per heavy atom. The van der Waals surface area contributed by atoms with Crippen LogP contribution in [-0.4, -0.2) is 10.9 Å². The molecule has 2 N–H and O–H groups in total. The molecule has 0 amide bonds. The highest BCUT2D eigenvalue weighted by atomic mass is 19.3. The van der Waals surface area contributed by atoms with E-state index < -0.39 is 5.92 Å². The van der Waals surface area contributed by atoms with Gasteiger partial charge in [-0.2, -0.15) is 0 Å². The monoisotopic (exact) mass is 278 g/mol. The highest BCUT2D eigenvalue weighted by molar-refractivity contribution is 5.86. The zero-order valence-corrected chi connectivity index (χ0v) is 11.0. The summed E-state index contributed by atoms with van der Waals surface area (Å²) in [5.74, 6) is -2.30. The van der Waals surface area contributed by atoms with Crippen molar-refractivity contribution in [2.75, 3.05) is 5.73 Å². The van der Waals surface area contributed by atoms with Gasteiger partial charge in [-0.05, 0) is 30.9 Å². The Morgan fingerprint density at radius 1 is 1.30 bits per heavy atom. The molecule has 1 aromatic heterocycles. The van der Waals surface area contributed by atoms with Crippen LogP contribution in [0.5, 0.6) is 0 Å². The lowest BCUT2D eigenvalue weighted by Crippen LogP contribution is -2.23. The van der Waals surface area contributed by atoms with Gasteiger partial charge in [0.15, 0.2) is 12.0 Å². The fourth-order valence-electron chi connectivity index (χ4n) is 2.64. The Bertz CT molecular complexity index is 638. The van der Waals surface area contributed by atoms with Crippen LogP contribution in [0.25, 0.3) is 17.2 Å². The molecule has 3 rings (SSSR count). The van der Waals surface area contributed by atoms with E-state index in [-0.39, 0.29) is 18.8 Å². The number of alkyl halides is 2. The third-order valence-electron chi connectivity index (χ3n) is 3.79. The largest absolute Gasteiger partial charge is 0.443 e. The van der Waals surface area contributed by atoms with E-state index in [9.17, 15) is 8.78 Å². The van der Waals surface area contributed by atoms with Gasteiger partial charge < -0.3 is 10.2 Å². The van der Waals surface area contributed by atoms with E-state index in [0.717, 1.165) is 5.56 Å². The second-order valence-electron chi connectivity index (χ2n) is 5.36. The van der Waals surface area contributed by atoms with Crippen molar-refractivity contribution in [3.8, 4) is 0 Å². The van der Waals surface area contributed by atoms with Gasteiger partial charge in [0.05, 0.1) is 0 Å². The summed E-state index contributed by atoms with van der Waals surface area (Å²) in [6.45, 7) is 0. The van der Waals surface area contributed by atoms with E-state index in [0.29, 0.717) is 29.6 Å². The first kappa shape index (κ1) is 13.1. The van der Waals surface area contributed by atoms with Crippen LogP contribution in [-0.2, 0) is 0 Å². The molecule has 5 heteroatoms. The average molecular weight is 278 g/mol. The van der Waals surface area contributed by atoms with Gasteiger partial charge in [0, 0.05) is 24.1 Å². The lowest BCUT2D eigenvalue weighted by molar-refractivity contribution is -0.0410. The van der Waals surface area contributed by atoms with Gasteiger partial charge in [-0.1, -0.05) is 12.2 Å². The van der Waals surface area contributed by atoms with E-state index in [1.54, 1.807) is 12.1 Å². The molecule has 1 saturated carbocycles. The van der Waals surface area contributed by atoms with Gasteiger partial charge in [-0.3, -0.25) is 0 Å². The van der Waals surface area contributed by atoms with E-state index in [4.69, 9.17) is 10.2 Å². The molecule has 3 nitrogen and oxygen atoms in total. The number of hydrogen-bond donors (Lipinski definition) is 1. The third kappa shape index (κ3) is 2.66. The van der Waals surface area contributed by atoms with Crippen molar-refractivity contribution < 1.29 is 13.2 Å². The number of oxazole rings is 1. The van der Waals surface area contributed by atoms with Crippen LogP contribution < -0.4 is 5.73 Å². The van der Waals surface area contributed by atoms with Crippen molar-refractivity contribution in [2.24, 2.45) is 5.92 Å². The number of rotatable bonds is 2. The summed E-state index contributed by atoms with van der Waals surface area (Å²) in [7, 11) is 0. The third-order valence-corrected chi connectivity index (χ3v) is 3.79. The summed E-state index contributed by atoms with van der Waals surface area (Å²) < 4.78 is 31.5. The normalized spacial score (nSPS) is 19.9. The zero-order valence-electron chi connectivity index (χ0n) is 11.0. The van der Waals surface area contributed by atoms with Gasteiger partial charge in [-0.15, -0.1) is 0 Å². The number of hydrogen-bond acceptors (Lipinski definition) is 3. The fourth-order valence-corrected chi connectivity index (χ4v) is 2.64. The van der Waals surface area contributed by atoms with Crippen molar-refractivity contribution in [3.05, 3.63) is 30.2 Å². The Balaban J connectivity index is 1.79. The summed E-state index contributed by atoms with van der Waals surface area (Å²) >= 11 is 0. The number of allylic oxidation sites excluding steroid dienone is 1. The molecule has 106 valence electrons. The molecule has 0 aliphatic heterocycles. The number of anilines is 1. The first-order valence-corrected chi connectivity index (χ1v) is 6.72. The standard InChI is InChI=1S/C15H16F2N2O/c16-15(17)5-3-10(4-6-15)1-2-11-7-12(18)8-13-14(11)20-9-19-13/h1-2,7-10H,3-6,18H2. The van der Waals surface area contributed by atoms with Gasteiger partial charge in [0.1, 0.15) is 5.52 Å². The number of nitrogens with two attached hydrogens (primary N) is 1. The molecule has 20 heavy (non-hydrogen) atoms. The molecule has 0 atom stereocenters. The summed E-state index contributed by atoms with van der Waals surface area (Å²) in [6, 6.07) is 3.55. The van der Waals surface area contributed by atoms with Crippen LogP contribution in [0, 0.1) is 5.92 Å². The van der Waals surface area contributed by atoms with Crippen LogP contribution in [0.2, 0.25) is 0 Å². The molecule has 1 aliphatic rings. The molecule has 2 aromatic rings. The molecule has 1 aliphatic carbocycles. The lowest BCUT2D eigenvalue weighted by Gasteiger charge is -2.26. The van der Waals surface area contributed by atoms with Gasteiger partial charge >= 0.3 is 0 Å². The predicted molar refractivity (Wildman–Crippen MR) is 74.4 cm³/mol. The van der Waals surface area contributed by atoms with E-state index >= 15 is 0 Å². The maximum absolute atomic E-state index is 13.1. The summed E-state index contributed by atoms with van der Waals surface area (Å²) in [4.78, 5) is 4.07. The summed E-state index contributed by atoms with van der Waals surface area (Å²) in [5, 5.41) is 0. The smallest absolute Gasteiger partial charge is 0.248 e. The SMILES string of the molecule is Nc1cc(C=CC2CCC(F)(F)CC2)c2ocnc2c1. The highest BCUT2D eigenvalue weighted by Crippen LogP contribution is 2.37. The summed E-state index contributed by atoms with van der Waals surface area (Å²) in [5.41, 5.74) is 8.65. The number of benzene rings is 1. The first-order chi connectivity index (χ1) is 9.53. The van der Waals surface area contributed by atoms with Crippen LogP contribution >= 0.6 is 0 Å². The number of nitrogens with zero attached hydrogens (tertiary/aromatic N) is 1. The minimum absolute atomic E-state index is 0.0311. The molecule has 1 heterocycles. The second kappa shape index (κ2) is 4.89. The van der Waals surface area contributed by atoms with Crippen molar-refractivity contribution >= 4 is 22.9 Å². The van der Waals surface area contributed by atoms with Crippen molar-refractivity contribution in [3.63, 3.8) is 0 Å². The summed E-state index contributed by atoms with van der Waals surface area (Å²) in [6.07, 6.45) is 6.23. The Labute approximate surface area is 115 Å². The van der Waals surface area contributed by atoms with Gasteiger partial charge in [0.25, 0.3) is 0 Å². The predicted octanol–water partition coefficient (Wildman–Crippen LogP) is 4.25. The van der Waals surface area contributed by atoms with E-state index in [1.165, 1.54) is 6.39 Å². The first-order valence-electron chi connectivity index (χ1n) is 6.72.